The van der Waals surface area contributed by atoms with Crippen molar-refractivity contribution in [2.75, 3.05) is 0 Å². The van der Waals surface area contributed by atoms with Crippen LogP contribution in [0, 0.1) is 6.92 Å². The van der Waals surface area contributed by atoms with Gasteiger partial charge in [-0.3, -0.25) is 9.48 Å². The van der Waals surface area contributed by atoms with Gasteiger partial charge in [-0.15, -0.1) is 0 Å². The fourth-order valence-corrected chi connectivity index (χ4v) is 2.12. The minimum absolute atomic E-state index is 0.0744. The molecule has 0 radical (unpaired) electrons. The molecule has 0 unspecified atom stereocenters. The maximum absolute atomic E-state index is 12.4. The van der Waals surface area contributed by atoms with Gasteiger partial charge < -0.3 is 0 Å². The van der Waals surface area contributed by atoms with Gasteiger partial charge in [0, 0.05) is 12.1 Å². The maximum atomic E-state index is 12.4. The van der Waals surface area contributed by atoms with Crippen LogP contribution in [0.4, 0.5) is 0 Å². The summed E-state index contributed by atoms with van der Waals surface area (Å²) >= 11 is 6.06. The Hall–Kier alpha value is -1.61. The van der Waals surface area contributed by atoms with Gasteiger partial charge in [0.2, 0.25) is 5.78 Å². The number of rotatable bonds is 4. The van der Waals surface area contributed by atoms with E-state index in [2.05, 4.69) is 5.10 Å². The minimum atomic E-state index is -0.0744. The van der Waals surface area contributed by atoms with E-state index in [1.165, 1.54) is 6.20 Å². The van der Waals surface area contributed by atoms with E-state index in [0.29, 0.717) is 22.8 Å². The summed E-state index contributed by atoms with van der Waals surface area (Å²) in [6.07, 6.45) is 2.44. The summed E-state index contributed by atoms with van der Waals surface area (Å²) in [6, 6.07) is 7.50. The second-order valence-corrected chi connectivity index (χ2v) is 4.67. The second-order valence-electron chi connectivity index (χ2n) is 4.26. The molecule has 2 aromatic rings. The average Bonchev–Trinajstić information content (AvgIpc) is 2.70. The summed E-state index contributed by atoms with van der Waals surface area (Å²) in [4.78, 5) is 12.4. The van der Waals surface area contributed by atoms with Gasteiger partial charge in [-0.1, -0.05) is 42.3 Å². The van der Waals surface area contributed by atoms with Crippen LogP contribution >= 0.6 is 11.6 Å². The highest BCUT2D eigenvalue weighted by atomic mass is 35.5. The van der Waals surface area contributed by atoms with Crippen molar-refractivity contribution in [3.8, 4) is 0 Å². The Labute approximate surface area is 111 Å². The lowest BCUT2D eigenvalue weighted by molar-refractivity contribution is 0.102. The van der Waals surface area contributed by atoms with Crippen molar-refractivity contribution < 1.29 is 4.79 Å². The van der Waals surface area contributed by atoms with Crippen LogP contribution in [-0.2, 0) is 6.54 Å². The van der Waals surface area contributed by atoms with Crippen molar-refractivity contribution in [3.63, 3.8) is 0 Å². The molecule has 0 saturated carbocycles. The van der Waals surface area contributed by atoms with E-state index < -0.39 is 0 Å². The molecule has 3 nitrogen and oxygen atoms in total. The van der Waals surface area contributed by atoms with Crippen LogP contribution in [0.25, 0.3) is 0 Å². The van der Waals surface area contributed by atoms with Gasteiger partial charge in [0.1, 0.15) is 5.69 Å². The lowest BCUT2D eigenvalue weighted by atomic mass is 10.1. The quantitative estimate of drug-likeness (QED) is 0.791. The predicted octanol–water partition coefficient (Wildman–Crippen LogP) is 3.49. The van der Waals surface area contributed by atoms with E-state index in [1.807, 2.05) is 32.0 Å². The van der Waals surface area contributed by atoms with Crippen LogP contribution in [0.5, 0.6) is 0 Å². The zero-order valence-electron chi connectivity index (χ0n) is 10.5. The Morgan fingerprint density at radius 2 is 2.22 bits per heavy atom. The molecule has 0 amide bonds. The maximum Gasteiger partial charge on any atom is 0.212 e. The number of hydrogen-bond donors (Lipinski definition) is 0. The van der Waals surface area contributed by atoms with Crippen molar-refractivity contribution in [1.82, 2.24) is 9.78 Å². The number of halogens is 1. The Kier molecular flexibility index (Phi) is 3.82. The van der Waals surface area contributed by atoms with Gasteiger partial charge in [0.25, 0.3) is 0 Å². The van der Waals surface area contributed by atoms with Crippen molar-refractivity contribution in [2.45, 2.75) is 26.8 Å². The average molecular weight is 263 g/mol. The summed E-state index contributed by atoms with van der Waals surface area (Å²) in [5, 5.41) is 4.55. The van der Waals surface area contributed by atoms with Crippen molar-refractivity contribution in [3.05, 3.63) is 52.3 Å². The zero-order valence-corrected chi connectivity index (χ0v) is 11.2. The number of nitrogens with zero attached hydrogens (tertiary/aromatic N) is 2. The van der Waals surface area contributed by atoms with Crippen molar-refractivity contribution in [1.29, 1.82) is 0 Å². The van der Waals surface area contributed by atoms with Crippen LogP contribution in [0.3, 0.4) is 0 Å². The van der Waals surface area contributed by atoms with E-state index in [0.717, 1.165) is 12.0 Å². The number of benzene rings is 1. The van der Waals surface area contributed by atoms with Gasteiger partial charge in [-0.25, -0.2) is 0 Å². The molecule has 0 spiro atoms. The van der Waals surface area contributed by atoms with Gasteiger partial charge in [-0.2, -0.15) is 5.10 Å². The molecular weight excluding hydrogens is 248 g/mol. The van der Waals surface area contributed by atoms with Crippen LogP contribution in [-0.4, -0.2) is 15.6 Å². The molecule has 2 rings (SSSR count). The largest absolute Gasteiger partial charge is 0.287 e. The summed E-state index contributed by atoms with van der Waals surface area (Å²) < 4.78 is 1.67. The molecule has 0 aliphatic rings. The molecular formula is C14H15ClN2O. The van der Waals surface area contributed by atoms with Crippen LogP contribution in [0.2, 0.25) is 5.02 Å². The monoisotopic (exact) mass is 262 g/mol. The smallest absolute Gasteiger partial charge is 0.212 e. The predicted molar refractivity (Wildman–Crippen MR) is 72.1 cm³/mol. The summed E-state index contributed by atoms with van der Waals surface area (Å²) in [5.74, 6) is -0.0744. The first-order chi connectivity index (χ1) is 8.63. The molecule has 0 aliphatic carbocycles. The molecule has 1 heterocycles. The Morgan fingerprint density at radius 1 is 1.44 bits per heavy atom. The zero-order chi connectivity index (χ0) is 13.1. The second kappa shape index (κ2) is 5.36. The number of carbonyl (C=O) groups excluding carboxylic acids is 1. The third-order valence-electron chi connectivity index (χ3n) is 2.73. The first-order valence-corrected chi connectivity index (χ1v) is 6.34. The van der Waals surface area contributed by atoms with E-state index in [-0.39, 0.29) is 5.78 Å². The molecule has 4 heteroatoms. The molecule has 0 bridgehead atoms. The van der Waals surface area contributed by atoms with E-state index in [4.69, 9.17) is 11.6 Å². The van der Waals surface area contributed by atoms with Crippen LogP contribution in [0.15, 0.2) is 30.5 Å². The van der Waals surface area contributed by atoms with E-state index >= 15 is 0 Å². The highest BCUT2D eigenvalue weighted by molar-refractivity contribution is 6.34. The molecule has 0 atom stereocenters. The molecule has 1 aromatic heterocycles. The number of hydrogen-bond acceptors (Lipinski definition) is 2. The normalized spacial score (nSPS) is 10.6. The fraction of sp³-hybridized carbons (Fsp3) is 0.286. The minimum Gasteiger partial charge on any atom is -0.287 e. The topological polar surface area (TPSA) is 34.9 Å². The Bertz CT molecular complexity index is 575. The first kappa shape index (κ1) is 12.8. The lowest BCUT2D eigenvalue weighted by Gasteiger charge is -2.06. The Balaban J connectivity index is 2.42. The lowest BCUT2D eigenvalue weighted by Crippen LogP contribution is -2.12. The number of ketones is 1. The van der Waals surface area contributed by atoms with Crippen LogP contribution < -0.4 is 0 Å². The SMILES string of the molecule is CCCn1ncc(Cl)c1C(=O)c1cccc(C)c1. The van der Waals surface area contributed by atoms with Crippen molar-refractivity contribution >= 4 is 17.4 Å². The van der Waals surface area contributed by atoms with Crippen LogP contribution in [0.1, 0.15) is 35.0 Å². The summed E-state index contributed by atoms with van der Waals surface area (Å²) in [6.45, 7) is 4.69. The van der Waals surface area contributed by atoms with E-state index in [9.17, 15) is 4.79 Å². The standard InChI is InChI=1S/C14H15ClN2O/c1-3-7-17-13(12(15)9-16-17)14(18)11-6-4-5-10(2)8-11/h4-6,8-9H,3,7H2,1-2H3. The molecule has 1 aromatic carbocycles. The molecule has 18 heavy (non-hydrogen) atoms. The molecule has 0 N–H and O–H groups in total. The summed E-state index contributed by atoms with van der Waals surface area (Å²) in [7, 11) is 0. The molecule has 0 fully saturated rings. The highest BCUT2D eigenvalue weighted by Crippen LogP contribution is 2.20. The third-order valence-corrected chi connectivity index (χ3v) is 3.00. The van der Waals surface area contributed by atoms with Gasteiger partial charge in [0.05, 0.1) is 11.2 Å². The third kappa shape index (κ3) is 2.46. The van der Waals surface area contributed by atoms with Gasteiger partial charge >= 0.3 is 0 Å². The fourth-order valence-electron chi connectivity index (χ4n) is 1.89. The molecule has 94 valence electrons. The highest BCUT2D eigenvalue weighted by Gasteiger charge is 2.18. The molecule has 0 saturated heterocycles. The number of aryl methyl sites for hydroxylation is 2. The molecule has 0 aliphatic heterocycles. The number of aromatic nitrogens is 2. The number of carbonyl (C=O) groups is 1. The first-order valence-electron chi connectivity index (χ1n) is 5.96. The van der Waals surface area contributed by atoms with Gasteiger partial charge in [-0.05, 0) is 19.4 Å². The van der Waals surface area contributed by atoms with Crippen molar-refractivity contribution in [2.24, 2.45) is 0 Å². The summed E-state index contributed by atoms with van der Waals surface area (Å²) in [5.41, 5.74) is 2.18. The van der Waals surface area contributed by atoms with Gasteiger partial charge in [0.15, 0.2) is 0 Å². The van der Waals surface area contributed by atoms with E-state index in [1.54, 1.807) is 10.7 Å². The Morgan fingerprint density at radius 3 is 2.89 bits per heavy atom.